The molecule has 1 N–H and O–H groups in total. The van der Waals surface area contributed by atoms with Crippen molar-refractivity contribution < 1.29 is 0 Å². The van der Waals surface area contributed by atoms with E-state index in [1.165, 1.54) is 5.56 Å². The molecule has 1 fully saturated rings. The van der Waals surface area contributed by atoms with Gasteiger partial charge in [0, 0.05) is 24.3 Å². The molecular weight excluding hydrogens is 318 g/mol. The van der Waals surface area contributed by atoms with E-state index < -0.39 is 0 Å². The van der Waals surface area contributed by atoms with Gasteiger partial charge in [0.25, 0.3) is 0 Å². The lowest BCUT2D eigenvalue weighted by Gasteiger charge is -2.38. The van der Waals surface area contributed by atoms with E-state index in [2.05, 4.69) is 59.6 Å². The molecule has 3 rings (SSSR count). The minimum absolute atomic E-state index is 0.217. The Bertz CT molecular complexity index is 678. The van der Waals surface area contributed by atoms with E-state index in [1.54, 1.807) is 0 Å². The number of para-hydroxylation sites is 1. The summed E-state index contributed by atoms with van der Waals surface area (Å²) in [7, 11) is 0. The molecule has 0 saturated carbocycles. The van der Waals surface area contributed by atoms with Crippen LogP contribution in [0.2, 0.25) is 0 Å². The molecular formula is C23H31N3. The number of nitriles is 1. The third-order valence-corrected chi connectivity index (χ3v) is 4.99. The van der Waals surface area contributed by atoms with Crippen LogP contribution in [0.25, 0.3) is 0 Å². The Hall–Kier alpha value is -2.31. The van der Waals surface area contributed by atoms with Crippen LogP contribution in [0.15, 0.2) is 54.6 Å². The molecule has 26 heavy (non-hydrogen) atoms. The number of hydrogen-bond donors (Lipinski definition) is 1. The first-order valence-corrected chi connectivity index (χ1v) is 9.67. The number of nitrogens with zero attached hydrogens (tertiary/aromatic N) is 2. The van der Waals surface area contributed by atoms with Crippen molar-refractivity contribution in [3.05, 3.63) is 60.2 Å². The number of benzene rings is 2. The van der Waals surface area contributed by atoms with Crippen LogP contribution in [0, 0.1) is 16.7 Å². The normalized spacial score (nSPS) is 16.1. The maximum Gasteiger partial charge on any atom is 0.0627 e. The van der Waals surface area contributed by atoms with Crippen LogP contribution < -0.4 is 5.32 Å². The summed E-state index contributed by atoms with van der Waals surface area (Å²) in [5.74, 6) is 0. The number of anilines is 2. The third kappa shape index (κ3) is 5.89. The Kier molecular flexibility index (Phi) is 7.69. The third-order valence-electron chi connectivity index (χ3n) is 4.99. The summed E-state index contributed by atoms with van der Waals surface area (Å²) in [5.41, 5.74) is 3.79. The molecule has 0 unspecified atom stereocenters. The van der Waals surface area contributed by atoms with E-state index >= 15 is 0 Å². The molecule has 1 aliphatic heterocycles. The monoisotopic (exact) mass is 349 g/mol. The molecule has 3 heteroatoms. The highest BCUT2D eigenvalue weighted by Gasteiger charge is 2.29. The van der Waals surface area contributed by atoms with Crippen LogP contribution in [0.4, 0.5) is 11.4 Å². The van der Waals surface area contributed by atoms with Crippen molar-refractivity contribution in [3.63, 3.8) is 0 Å². The van der Waals surface area contributed by atoms with E-state index in [-0.39, 0.29) is 5.41 Å². The van der Waals surface area contributed by atoms with E-state index in [0.717, 1.165) is 43.9 Å². The summed E-state index contributed by atoms with van der Waals surface area (Å²) in [6.45, 7) is 9.41. The molecule has 3 nitrogen and oxygen atoms in total. The minimum atomic E-state index is 0.217. The average molecular weight is 350 g/mol. The molecule has 2 aromatic rings. The largest absolute Gasteiger partial charge is 0.356 e. The molecule has 138 valence electrons. The van der Waals surface area contributed by atoms with E-state index in [9.17, 15) is 0 Å². The van der Waals surface area contributed by atoms with E-state index in [1.807, 2.05) is 32.0 Å². The van der Waals surface area contributed by atoms with Gasteiger partial charge in [-0.25, -0.2) is 0 Å². The Balaban J connectivity index is 0.00000117. The smallest absolute Gasteiger partial charge is 0.0627 e. The Morgan fingerprint density at radius 1 is 0.962 bits per heavy atom. The van der Waals surface area contributed by atoms with Crippen molar-refractivity contribution in [2.75, 3.05) is 18.4 Å². The maximum atomic E-state index is 8.95. The van der Waals surface area contributed by atoms with E-state index in [4.69, 9.17) is 5.26 Å². The number of likely N-dealkylation sites (tertiary alicyclic amines) is 1. The summed E-state index contributed by atoms with van der Waals surface area (Å²) in [6.07, 6.45) is 2.92. The van der Waals surface area contributed by atoms with Crippen LogP contribution in [-0.2, 0) is 6.54 Å². The zero-order valence-electron chi connectivity index (χ0n) is 16.3. The Morgan fingerprint density at radius 3 is 2.12 bits per heavy atom. The van der Waals surface area contributed by atoms with E-state index in [0.29, 0.717) is 6.42 Å². The van der Waals surface area contributed by atoms with Crippen molar-refractivity contribution in [2.45, 2.75) is 46.6 Å². The fourth-order valence-corrected chi connectivity index (χ4v) is 3.26. The lowest BCUT2D eigenvalue weighted by Crippen LogP contribution is -2.38. The van der Waals surface area contributed by atoms with Crippen molar-refractivity contribution in [3.8, 4) is 6.07 Å². The minimum Gasteiger partial charge on any atom is -0.356 e. The SMILES string of the molecule is CC.CC1(CC#N)CCN(Cc2ccc(Nc3ccccc3)cc2)CC1. The summed E-state index contributed by atoms with van der Waals surface area (Å²) in [4.78, 5) is 2.50. The molecule has 1 saturated heterocycles. The van der Waals surface area contributed by atoms with Gasteiger partial charge in [-0.1, -0.05) is 51.1 Å². The van der Waals surface area contributed by atoms with Gasteiger partial charge < -0.3 is 5.32 Å². The predicted octanol–water partition coefficient (Wildman–Crippen LogP) is 5.97. The maximum absolute atomic E-state index is 8.95. The van der Waals surface area contributed by atoms with Gasteiger partial charge in [0.05, 0.1) is 6.07 Å². The second-order valence-electron chi connectivity index (χ2n) is 7.11. The van der Waals surface area contributed by atoms with Gasteiger partial charge in [-0.15, -0.1) is 0 Å². The molecule has 1 aliphatic rings. The van der Waals surface area contributed by atoms with Crippen molar-refractivity contribution in [1.82, 2.24) is 4.90 Å². The highest BCUT2D eigenvalue weighted by Crippen LogP contribution is 2.34. The lowest BCUT2D eigenvalue weighted by molar-refractivity contribution is 0.116. The van der Waals surface area contributed by atoms with Crippen LogP contribution in [0.5, 0.6) is 0 Å². The van der Waals surface area contributed by atoms with Gasteiger partial charge in [0.15, 0.2) is 0 Å². The fourth-order valence-electron chi connectivity index (χ4n) is 3.26. The summed E-state index contributed by atoms with van der Waals surface area (Å²) in [5, 5.41) is 12.4. The number of hydrogen-bond acceptors (Lipinski definition) is 3. The molecule has 2 aromatic carbocycles. The van der Waals surface area contributed by atoms with Crippen LogP contribution in [0.3, 0.4) is 0 Å². The van der Waals surface area contributed by atoms with Gasteiger partial charge in [-0.05, 0) is 61.2 Å². The second kappa shape index (κ2) is 9.99. The summed E-state index contributed by atoms with van der Waals surface area (Å²) >= 11 is 0. The highest BCUT2D eigenvalue weighted by atomic mass is 15.1. The van der Waals surface area contributed by atoms with Gasteiger partial charge in [-0.2, -0.15) is 5.26 Å². The van der Waals surface area contributed by atoms with Gasteiger partial charge in [0.2, 0.25) is 0 Å². The fraction of sp³-hybridized carbons (Fsp3) is 0.435. The predicted molar refractivity (Wildman–Crippen MR) is 110 cm³/mol. The van der Waals surface area contributed by atoms with Crippen LogP contribution in [0.1, 0.15) is 45.6 Å². The van der Waals surface area contributed by atoms with Crippen molar-refractivity contribution in [1.29, 1.82) is 5.26 Å². The number of nitrogens with one attached hydrogen (secondary N) is 1. The van der Waals surface area contributed by atoms with Gasteiger partial charge in [0.1, 0.15) is 0 Å². The molecule has 1 heterocycles. The first kappa shape index (κ1) is 20.0. The Morgan fingerprint density at radius 2 is 1.54 bits per heavy atom. The first-order chi connectivity index (χ1) is 12.7. The van der Waals surface area contributed by atoms with Crippen LogP contribution >= 0.6 is 0 Å². The number of rotatable bonds is 5. The molecule has 0 bridgehead atoms. The molecule has 0 amide bonds. The van der Waals surface area contributed by atoms with Crippen molar-refractivity contribution >= 4 is 11.4 Å². The lowest BCUT2D eigenvalue weighted by atomic mass is 9.78. The van der Waals surface area contributed by atoms with Gasteiger partial charge in [-0.3, -0.25) is 4.90 Å². The molecule has 0 aromatic heterocycles. The molecule has 0 aliphatic carbocycles. The van der Waals surface area contributed by atoms with Crippen LogP contribution in [-0.4, -0.2) is 18.0 Å². The standard InChI is InChI=1S/C21H25N3.C2H6/c1-21(11-14-22)12-15-24(16-13-21)17-18-7-9-20(10-8-18)23-19-5-3-2-4-6-19;1-2/h2-10,23H,11-13,15-17H2,1H3;1-2H3. The molecule has 0 radical (unpaired) electrons. The quantitative estimate of drug-likeness (QED) is 0.722. The Labute approximate surface area is 158 Å². The van der Waals surface area contributed by atoms with Gasteiger partial charge >= 0.3 is 0 Å². The first-order valence-electron chi connectivity index (χ1n) is 9.67. The highest BCUT2D eigenvalue weighted by molar-refractivity contribution is 5.59. The summed E-state index contributed by atoms with van der Waals surface area (Å²) in [6, 6.07) is 21.3. The molecule has 0 atom stereocenters. The topological polar surface area (TPSA) is 39.1 Å². The van der Waals surface area contributed by atoms with Crippen molar-refractivity contribution in [2.24, 2.45) is 5.41 Å². The zero-order chi connectivity index (χ0) is 18.8. The zero-order valence-corrected chi connectivity index (χ0v) is 16.3. The summed E-state index contributed by atoms with van der Waals surface area (Å²) < 4.78 is 0. The average Bonchev–Trinajstić information content (AvgIpc) is 2.68. The molecule has 0 spiro atoms. The second-order valence-corrected chi connectivity index (χ2v) is 7.11. The number of piperidine rings is 1.